The highest BCUT2D eigenvalue weighted by Gasteiger charge is 2.41. The largest absolute Gasteiger partial charge is 0.299 e. The van der Waals surface area contributed by atoms with Gasteiger partial charge in [0.2, 0.25) is 0 Å². The van der Waals surface area contributed by atoms with Gasteiger partial charge in [-0.2, -0.15) is 0 Å². The molecule has 0 radical (unpaired) electrons. The van der Waals surface area contributed by atoms with Crippen LogP contribution in [0.1, 0.15) is 38.5 Å². The van der Waals surface area contributed by atoms with Crippen molar-refractivity contribution in [3.63, 3.8) is 0 Å². The lowest BCUT2D eigenvalue weighted by molar-refractivity contribution is -0.125. The third kappa shape index (κ3) is 2.49. The molecule has 2 nitrogen and oxygen atoms in total. The summed E-state index contributed by atoms with van der Waals surface area (Å²) in [5.74, 6) is 0.231. The molecule has 94 valence electrons. The number of hydrogen-bond acceptors (Lipinski definition) is 2. The number of Topliss-reactive ketones (excluding diaryl/α,β-unsaturated/α-hetero) is 1. The molecule has 2 aliphatic carbocycles. The van der Waals surface area contributed by atoms with E-state index in [9.17, 15) is 9.18 Å². The first kappa shape index (κ1) is 12.5. The summed E-state index contributed by atoms with van der Waals surface area (Å²) >= 11 is 0. The fourth-order valence-corrected chi connectivity index (χ4v) is 2.81. The summed E-state index contributed by atoms with van der Waals surface area (Å²) in [6, 6.07) is 0. The van der Waals surface area contributed by atoms with Crippen molar-refractivity contribution in [2.45, 2.75) is 44.1 Å². The minimum Gasteiger partial charge on any atom is -0.299 e. The average Bonchev–Trinajstić information content (AvgIpc) is 2.39. The van der Waals surface area contributed by atoms with Crippen LogP contribution in [0.2, 0.25) is 0 Å². The molecule has 0 heterocycles. The summed E-state index contributed by atoms with van der Waals surface area (Å²) in [6.07, 6.45) is 11.7. The van der Waals surface area contributed by atoms with Gasteiger partial charge < -0.3 is 0 Å². The van der Waals surface area contributed by atoms with Gasteiger partial charge in [-0.3, -0.25) is 10.1 Å². The van der Waals surface area contributed by atoms with Crippen LogP contribution in [0.15, 0.2) is 23.8 Å². The van der Waals surface area contributed by atoms with Crippen molar-refractivity contribution in [2.75, 3.05) is 13.2 Å². The van der Waals surface area contributed by atoms with E-state index >= 15 is 0 Å². The van der Waals surface area contributed by atoms with Gasteiger partial charge in [-0.25, -0.2) is 4.39 Å². The van der Waals surface area contributed by atoms with Gasteiger partial charge in [0.1, 0.15) is 12.2 Å². The van der Waals surface area contributed by atoms with Crippen molar-refractivity contribution in [2.24, 2.45) is 0 Å². The monoisotopic (exact) mass is 237 g/mol. The summed E-state index contributed by atoms with van der Waals surface area (Å²) in [5.41, 5.74) is 0.461. The lowest BCUT2D eigenvalue weighted by Crippen LogP contribution is -2.55. The van der Waals surface area contributed by atoms with Gasteiger partial charge in [-0.1, -0.05) is 24.6 Å². The summed E-state index contributed by atoms with van der Waals surface area (Å²) in [5, 5.41) is 3.16. The second kappa shape index (κ2) is 5.58. The van der Waals surface area contributed by atoms with E-state index in [4.69, 9.17) is 0 Å². The average molecular weight is 237 g/mol. The van der Waals surface area contributed by atoms with Crippen molar-refractivity contribution in [1.82, 2.24) is 5.32 Å². The maximum absolute atomic E-state index is 12.4. The minimum absolute atomic E-state index is 0.231. The van der Waals surface area contributed by atoms with Crippen LogP contribution in [0, 0.1) is 0 Å². The fraction of sp³-hybridized carbons (Fsp3) is 0.643. The Bertz CT molecular complexity index is 348. The normalized spacial score (nSPS) is 29.2. The molecule has 3 heteroatoms. The van der Waals surface area contributed by atoms with Crippen LogP contribution in [0.4, 0.5) is 4.39 Å². The van der Waals surface area contributed by atoms with Crippen LogP contribution in [-0.4, -0.2) is 24.5 Å². The van der Waals surface area contributed by atoms with E-state index in [2.05, 4.69) is 17.5 Å². The number of alkyl halides is 1. The van der Waals surface area contributed by atoms with E-state index in [0.29, 0.717) is 6.42 Å². The van der Waals surface area contributed by atoms with Gasteiger partial charge >= 0.3 is 0 Å². The van der Waals surface area contributed by atoms with E-state index in [1.165, 1.54) is 0 Å². The van der Waals surface area contributed by atoms with E-state index in [1.54, 1.807) is 0 Å². The highest BCUT2D eigenvalue weighted by Crippen LogP contribution is 2.34. The Morgan fingerprint density at radius 3 is 2.88 bits per heavy atom. The number of carbonyl (C=O) groups excluding carboxylic acids is 1. The highest BCUT2D eigenvalue weighted by molar-refractivity contribution is 5.93. The second-order valence-corrected chi connectivity index (χ2v) is 4.79. The van der Waals surface area contributed by atoms with Crippen molar-refractivity contribution in [3.05, 3.63) is 23.8 Å². The lowest BCUT2D eigenvalue weighted by atomic mass is 9.73. The molecule has 2 rings (SSSR count). The van der Waals surface area contributed by atoms with E-state index in [-0.39, 0.29) is 12.3 Å². The molecule has 17 heavy (non-hydrogen) atoms. The van der Waals surface area contributed by atoms with Crippen LogP contribution in [0.25, 0.3) is 0 Å². The first-order valence-electron chi connectivity index (χ1n) is 6.51. The lowest BCUT2D eigenvalue weighted by Gasteiger charge is -2.38. The van der Waals surface area contributed by atoms with Crippen LogP contribution >= 0.6 is 0 Å². The van der Waals surface area contributed by atoms with Gasteiger partial charge in [0.25, 0.3) is 0 Å². The molecule has 2 aliphatic rings. The Morgan fingerprint density at radius 1 is 1.35 bits per heavy atom. The SMILES string of the molecule is O=C1CCCCC1(NCCF)C1=CCCC=C1. The molecule has 1 N–H and O–H groups in total. The predicted octanol–water partition coefficient (Wildman–Crippen LogP) is 2.70. The molecular weight excluding hydrogens is 217 g/mol. The molecular formula is C14H20FNO. The minimum atomic E-state index is -0.596. The molecule has 0 bridgehead atoms. The molecule has 0 aromatic rings. The van der Waals surface area contributed by atoms with Crippen LogP contribution in [0.5, 0.6) is 0 Å². The molecule has 1 fully saturated rings. The van der Waals surface area contributed by atoms with Crippen molar-refractivity contribution < 1.29 is 9.18 Å². The van der Waals surface area contributed by atoms with Crippen LogP contribution < -0.4 is 5.32 Å². The highest BCUT2D eigenvalue weighted by atomic mass is 19.1. The number of halogens is 1. The van der Waals surface area contributed by atoms with Crippen molar-refractivity contribution >= 4 is 5.78 Å². The second-order valence-electron chi connectivity index (χ2n) is 4.79. The third-order valence-electron chi connectivity index (χ3n) is 3.69. The van der Waals surface area contributed by atoms with Gasteiger partial charge in [-0.05, 0) is 31.3 Å². The van der Waals surface area contributed by atoms with Gasteiger partial charge in [0, 0.05) is 13.0 Å². The Balaban J connectivity index is 2.24. The predicted molar refractivity (Wildman–Crippen MR) is 66.6 cm³/mol. The maximum Gasteiger partial charge on any atom is 0.157 e. The smallest absolute Gasteiger partial charge is 0.157 e. The Morgan fingerprint density at radius 2 is 2.24 bits per heavy atom. The zero-order valence-corrected chi connectivity index (χ0v) is 10.2. The topological polar surface area (TPSA) is 29.1 Å². The molecule has 0 saturated heterocycles. The Hall–Kier alpha value is -0.960. The van der Waals surface area contributed by atoms with E-state index in [0.717, 1.165) is 37.7 Å². The number of carbonyl (C=O) groups is 1. The van der Waals surface area contributed by atoms with E-state index < -0.39 is 12.2 Å². The number of hydrogen-bond donors (Lipinski definition) is 1. The molecule has 1 saturated carbocycles. The van der Waals surface area contributed by atoms with Gasteiger partial charge in [-0.15, -0.1) is 0 Å². The number of nitrogens with one attached hydrogen (secondary N) is 1. The molecule has 1 unspecified atom stereocenters. The molecule has 0 aromatic heterocycles. The van der Waals surface area contributed by atoms with E-state index in [1.807, 2.05) is 6.08 Å². The number of ketones is 1. The first-order chi connectivity index (χ1) is 8.29. The fourth-order valence-electron chi connectivity index (χ4n) is 2.81. The van der Waals surface area contributed by atoms with Crippen LogP contribution in [0.3, 0.4) is 0 Å². The van der Waals surface area contributed by atoms with Crippen molar-refractivity contribution in [3.8, 4) is 0 Å². The molecule has 0 amide bonds. The summed E-state index contributed by atoms with van der Waals surface area (Å²) in [7, 11) is 0. The Kier molecular flexibility index (Phi) is 4.11. The van der Waals surface area contributed by atoms with Crippen LogP contribution in [-0.2, 0) is 4.79 Å². The number of allylic oxidation sites excluding steroid dienone is 2. The standard InChI is InChI=1S/C14H20FNO/c15-10-11-16-14(9-5-4-8-13(14)17)12-6-2-1-3-7-12/h2,6-7,16H,1,3-5,8-11H2. The summed E-state index contributed by atoms with van der Waals surface area (Å²) < 4.78 is 12.4. The third-order valence-corrected chi connectivity index (χ3v) is 3.69. The van der Waals surface area contributed by atoms with Gasteiger partial charge in [0.15, 0.2) is 5.78 Å². The first-order valence-corrected chi connectivity index (χ1v) is 6.51. The summed E-state index contributed by atoms with van der Waals surface area (Å²) in [4.78, 5) is 12.3. The van der Waals surface area contributed by atoms with Crippen molar-refractivity contribution in [1.29, 1.82) is 0 Å². The number of rotatable bonds is 4. The molecule has 0 aliphatic heterocycles. The Labute approximate surface area is 102 Å². The zero-order chi connectivity index (χ0) is 12.1. The zero-order valence-electron chi connectivity index (χ0n) is 10.2. The maximum atomic E-state index is 12.4. The summed E-state index contributed by atoms with van der Waals surface area (Å²) in [6.45, 7) is -0.164. The quantitative estimate of drug-likeness (QED) is 0.814. The molecule has 0 aromatic carbocycles. The molecule has 1 atom stereocenters. The molecule has 0 spiro atoms. The van der Waals surface area contributed by atoms with Gasteiger partial charge in [0.05, 0.1) is 0 Å².